The van der Waals surface area contributed by atoms with Crippen molar-refractivity contribution in [2.75, 3.05) is 12.9 Å². The molecule has 0 bridgehead atoms. The van der Waals surface area contributed by atoms with Crippen molar-refractivity contribution in [3.63, 3.8) is 0 Å². The first kappa shape index (κ1) is 21.3. The van der Waals surface area contributed by atoms with Crippen molar-refractivity contribution in [1.29, 1.82) is 0 Å². The zero-order chi connectivity index (χ0) is 21.0. The highest BCUT2D eigenvalue weighted by Crippen LogP contribution is 2.29. The number of hydrogen-bond acceptors (Lipinski definition) is 5. The summed E-state index contributed by atoms with van der Waals surface area (Å²) in [6.07, 6.45) is 0.354. The Morgan fingerprint density at radius 3 is 2.59 bits per heavy atom. The predicted molar refractivity (Wildman–Crippen MR) is 116 cm³/mol. The normalized spacial score (nSPS) is 12.4. The molecule has 1 amide bonds. The molecule has 0 aliphatic carbocycles. The maximum absolute atomic E-state index is 12.3. The number of amides is 1. The lowest BCUT2D eigenvalue weighted by Gasteiger charge is -2.05. The number of ether oxygens (including phenoxy) is 1. The first-order valence-electron chi connectivity index (χ1n) is 9.26. The number of aryl methyl sites for hydroxylation is 2. The quantitative estimate of drug-likeness (QED) is 0.573. The number of carbonyl (C=O) groups excluding carboxylic acids is 1. The number of aromatic nitrogens is 1. The van der Waals surface area contributed by atoms with Crippen LogP contribution in [0, 0.1) is 6.92 Å². The van der Waals surface area contributed by atoms with Crippen LogP contribution in [-0.4, -0.2) is 31.8 Å². The van der Waals surface area contributed by atoms with Gasteiger partial charge in [0.1, 0.15) is 11.3 Å². The van der Waals surface area contributed by atoms with E-state index in [-0.39, 0.29) is 30.3 Å². The van der Waals surface area contributed by atoms with Gasteiger partial charge in [-0.15, -0.1) is 0 Å². The maximum atomic E-state index is 12.3. The third kappa shape index (κ3) is 5.13. The van der Waals surface area contributed by atoms with Crippen LogP contribution < -0.4 is 9.54 Å². The SMILES string of the molecule is COc1ccc(C)c2sc(=NC(=O)CCCS(=O)(=O)Cc3ccccc3)n(C)c12. The minimum Gasteiger partial charge on any atom is -0.495 e. The van der Waals surface area contributed by atoms with Crippen LogP contribution in [-0.2, 0) is 27.4 Å². The molecular formula is C21H24N2O4S2. The van der Waals surface area contributed by atoms with Gasteiger partial charge in [-0.25, -0.2) is 8.42 Å². The summed E-state index contributed by atoms with van der Waals surface area (Å²) >= 11 is 1.43. The zero-order valence-corrected chi connectivity index (χ0v) is 18.3. The molecule has 1 aromatic heterocycles. The molecule has 0 spiro atoms. The average Bonchev–Trinajstić information content (AvgIpc) is 3.00. The molecule has 3 aromatic rings. The van der Waals surface area contributed by atoms with Crippen LogP contribution in [0.2, 0.25) is 0 Å². The summed E-state index contributed by atoms with van der Waals surface area (Å²) < 4.78 is 32.8. The molecular weight excluding hydrogens is 408 g/mol. The topological polar surface area (TPSA) is 77.7 Å². The Hall–Kier alpha value is -2.45. The van der Waals surface area contributed by atoms with Gasteiger partial charge in [0.05, 0.1) is 23.3 Å². The Bertz CT molecular complexity index is 1190. The molecule has 154 valence electrons. The highest BCUT2D eigenvalue weighted by molar-refractivity contribution is 7.90. The standard InChI is InChI=1S/C21H24N2O4S2/c1-15-11-12-17(27-3)19-20(15)28-21(23(19)2)22-18(24)10-7-13-29(25,26)14-16-8-5-4-6-9-16/h4-6,8-9,11-12H,7,10,13-14H2,1-3H3. The fraction of sp³-hybridized carbons (Fsp3) is 0.333. The Labute approximate surface area is 174 Å². The number of nitrogens with zero attached hydrogens (tertiary/aromatic N) is 2. The maximum Gasteiger partial charge on any atom is 0.248 e. The lowest BCUT2D eigenvalue weighted by Crippen LogP contribution is -2.15. The largest absolute Gasteiger partial charge is 0.495 e. The summed E-state index contributed by atoms with van der Waals surface area (Å²) in [4.78, 5) is 17.1. The summed E-state index contributed by atoms with van der Waals surface area (Å²) in [7, 11) is 0.196. The number of hydrogen-bond donors (Lipinski definition) is 0. The van der Waals surface area contributed by atoms with Crippen molar-refractivity contribution in [1.82, 2.24) is 4.57 Å². The van der Waals surface area contributed by atoms with E-state index in [4.69, 9.17) is 4.74 Å². The van der Waals surface area contributed by atoms with E-state index < -0.39 is 9.84 Å². The van der Waals surface area contributed by atoms with E-state index in [0.717, 1.165) is 27.1 Å². The second-order valence-corrected chi connectivity index (χ2v) is 10.1. The summed E-state index contributed by atoms with van der Waals surface area (Å²) in [5.41, 5.74) is 2.74. The molecule has 0 saturated heterocycles. The van der Waals surface area contributed by atoms with E-state index in [9.17, 15) is 13.2 Å². The van der Waals surface area contributed by atoms with Crippen molar-refractivity contribution in [3.8, 4) is 5.75 Å². The van der Waals surface area contributed by atoms with E-state index in [1.807, 2.05) is 48.9 Å². The van der Waals surface area contributed by atoms with E-state index in [2.05, 4.69) is 4.99 Å². The number of methoxy groups -OCH3 is 1. The van der Waals surface area contributed by atoms with Crippen LogP contribution in [0.15, 0.2) is 47.5 Å². The number of thiazole rings is 1. The number of rotatable bonds is 7. The highest BCUT2D eigenvalue weighted by atomic mass is 32.2. The molecule has 0 atom stereocenters. The van der Waals surface area contributed by atoms with Gasteiger partial charge in [0.25, 0.3) is 0 Å². The molecule has 0 unspecified atom stereocenters. The lowest BCUT2D eigenvalue weighted by atomic mass is 10.2. The van der Waals surface area contributed by atoms with E-state index in [1.165, 1.54) is 11.3 Å². The number of benzene rings is 2. The van der Waals surface area contributed by atoms with E-state index in [1.54, 1.807) is 19.2 Å². The van der Waals surface area contributed by atoms with Crippen LogP contribution in [0.3, 0.4) is 0 Å². The van der Waals surface area contributed by atoms with Crippen LogP contribution >= 0.6 is 11.3 Å². The zero-order valence-electron chi connectivity index (χ0n) is 16.7. The van der Waals surface area contributed by atoms with Crippen LogP contribution in [0.1, 0.15) is 24.0 Å². The molecule has 0 aliphatic heterocycles. The van der Waals surface area contributed by atoms with Gasteiger partial charge in [-0.05, 0) is 30.5 Å². The van der Waals surface area contributed by atoms with Gasteiger partial charge in [0.15, 0.2) is 14.6 Å². The van der Waals surface area contributed by atoms with Crippen LogP contribution in [0.5, 0.6) is 5.75 Å². The monoisotopic (exact) mass is 432 g/mol. The number of carbonyl (C=O) groups is 1. The third-order valence-electron chi connectivity index (χ3n) is 4.62. The molecule has 0 fully saturated rings. The molecule has 29 heavy (non-hydrogen) atoms. The molecule has 6 nitrogen and oxygen atoms in total. The first-order chi connectivity index (χ1) is 13.8. The minimum atomic E-state index is -3.26. The van der Waals surface area contributed by atoms with Gasteiger partial charge < -0.3 is 9.30 Å². The minimum absolute atomic E-state index is 0.0104. The Kier molecular flexibility index (Phi) is 6.54. The fourth-order valence-corrected chi connectivity index (χ4v) is 5.67. The first-order valence-corrected chi connectivity index (χ1v) is 11.9. The summed E-state index contributed by atoms with van der Waals surface area (Å²) in [5, 5.41) is 0. The summed E-state index contributed by atoms with van der Waals surface area (Å²) in [5.74, 6) is 0.363. The highest BCUT2D eigenvalue weighted by Gasteiger charge is 2.14. The van der Waals surface area contributed by atoms with Gasteiger partial charge >= 0.3 is 0 Å². The molecule has 0 radical (unpaired) electrons. The Morgan fingerprint density at radius 1 is 1.17 bits per heavy atom. The molecule has 0 aliphatic rings. The molecule has 0 N–H and O–H groups in total. The summed E-state index contributed by atoms with van der Waals surface area (Å²) in [6, 6.07) is 12.9. The third-order valence-corrected chi connectivity index (χ3v) is 7.57. The molecule has 8 heteroatoms. The number of sulfone groups is 1. The van der Waals surface area contributed by atoms with Gasteiger partial charge in [-0.3, -0.25) is 4.79 Å². The molecule has 0 saturated carbocycles. The number of fused-ring (bicyclic) bond motifs is 1. The fourth-order valence-electron chi connectivity index (χ4n) is 3.12. The lowest BCUT2D eigenvalue weighted by molar-refractivity contribution is -0.118. The van der Waals surface area contributed by atoms with E-state index >= 15 is 0 Å². The van der Waals surface area contributed by atoms with Gasteiger partial charge in [-0.2, -0.15) is 4.99 Å². The average molecular weight is 433 g/mol. The molecule has 2 aromatic carbocycles. The predicted octanol–water partition coefficient (Wildman–Crippen LogP) is 3.38. The molecule has 1 heterocycles. The van der Waals surface area contributed by atoms with Crippen molar-refractivity contribution in [3.05, 3.63) is 58.4 Å². The van der Waals surface area contributed by atoms with Gasteiger partial charge in [0, 0.05) is 13.5 Å². The second kappa shape index (κ2) is 8.92. The summed E-state index contributed by atoms with van der Waals surface area (Å²) in [6.45, 7) is 2.00. The van der Waals surface area contributed by atoms with Crippen molar-refractivity contribution in [2.24, 2.45) is 12.0 Å². The van der Waals surface area contributed by atoms with Gasteiger partial charge in [-0.1, -0.05) is 47.7 Å². The van der Waals surface area contributed by atoms with E-state index in [0.29, 0.717) is 4.80 Å². The van der Waals surface area contributed by atoms with Crippen LogP contribution in [0.4, 0.5) is 0 Å². The van der Waals surface area contributed by atoms with Crippen molar-refractivity contribution >= 4 is 37.3 Å². The van der Waals surface area contributed by atoms with Crippen molar-refractivity contribution in [2.45, 2.75) is 25.5 Å². The Morgan fingerprint density at radius 2 is 1.90 bits per heavy atom. The smallest absolute Gasteiger partial charge is 0.248 e. The Balaban J connectivity index is 1.70. The van der Waals surface area contributed by atoms with Crippen molar-refractivity contribution < 1.29 is 17.9 Å². The molecule has 3 rings (SSSR count). The van der Waals surface area contributed by atoms with Gasteiger partial charge in [0.2, 0.25) is 5.91 Å². The van der Waals surface area contributed by atoms with Crippen LogP contribution in [0.25, 0.3) is 10.2 Å². The second-order valence-electron chi connectivity index (χ2n) is 6.89.